The average molecular weight is 247 g/mol. The first kappa shape index (κ1) is 14.3. The van der Waals surface area contributed by atoms with Crippen molar-refractivity contribution in [3.8, 4) is 11.5 Å². The average Bonchev–Trinajstić information content (AvgIpc) is 2.39. The highest BCUT2D eigenvalue weighted by Crippen LogP contribution is 2.27. The van der Waals surface area contributed by atoms with Gasteiger partial charge in [-0.2, -0.15) is 0 Å². The third-order valence-electron chi connectivity index (χ3n) is 2.63. The maximum atomic E-state index is 5.29. The Bertz CT molecular complexity index is 391. The van der Waals surface area contributed by atoms with E-state index in [0.717, 1.165) is 31.1 Å². The molecule has 0 aliphatic carbocycles. The van der Waals surface area contributed by atoms with E-state index in [2.05, 4.69) is 18.1 Å². The van der Waals surface area contributed by atoms with Crippen LogP contribution in [-0.2, 0) is 6.54 Å². The van der Waals surface area contributed by atoms with Crippen molar-refractivity contribution in [2.24, 2.45) is 0 Å². The predicted octanol–water partition coefficient (Wildman–Crippen LogP) is 2.88. The summed E-state index contributed by atoms with van der Waals surface area (Å²) in [6.45, 7) is 10.0. The molecular weight excluding hydrogens is 226 g/mol. The summed E-state index contributed by atoms with van der Waals surface area (Å²) < 4.78 is 10.5. The van der Waals surface area contributed by atoms with Gasteiger partial charge >= 0.3 is 0 Å². The highest BCUT2D eigenvalue weighted by Gasteiger charge is 2.07. The zero-order valence-electron chi connectivity index (χ0n) is 11.2. The van der Waals surface area contributed by atoms with E-state index >= 15 is 0 Å². The number of methoxy groups -OCH3 is 2. The Morgan fingerprint density at radius 1 is 1.06 bits per heavy atom. The molecule has 3 heteroatoms. The van der Waals surface area contributed by atoms with E-state index in [-0.39, 0.29) is 0 Å². The standard InChI is InChI=1S/C15H21NO2/c1-5-9-16(10-6-2)12-13-7-8-14(17-3)15(11-13)18-4/h5-8,11H,1-2,9-10,12H2,3-4H3. The molecule has 0 N–H and O–H groups in total. The summed E-state index contributed by atoms with van der Waals surface area (Å²) in [5.41, 5.74) is 1.18. The van der Waals surface area contributed by atoms with E-state index in [0.29, 0.717) is 0 Å². The summed E-state index contributed by atoms with van der Waals surface area (Å²) in [4.78, 5) is 2.24. The number of rotatable bonds is 8. The fourth-order valence-corrected chi connectivity index (χ4v) is 1.81. The molecule has 0 saturated carbocycles. The molecule has 98 valence electrons. The van der Waals surface area contributed by atoms with Crippen molar-refractivity contribution in [3.05, 3.63) is 49.1 Å². The molecule has 0 bridgehead atoms. The first-order valence-corrected chi connectivity index (χ1v) is 5.90. The quantitative estimate of drug-likeness (QED) is 0.659. The third kappa shape index (κ3) is 3.93. The molecule has 1 aromatic carbocycles. The van der Waals surface area contributed by atoms with Gasteiger partial charge in [-0.15, -0.1) is 13.2 Å². The van der Waals surface area contributed by atoms with Gasteiger partial charge in [-0.1, -0.05) is 18.2 Å². The van der Waals surface area contributed by atoms with Gasteiger partial charge in [-0.25, -0.2) is 0 Å². The van der Waals surface area contributed by atoms with E-state index in [9.17, 15) is 0 Å². The Kier molecular flexibility index (Phi) is 6.01. The molecule has 0 unspecified atom stereocenters. The predicted molar refractivity (Wildman–Crippen MR) is 75.2 cm³/mol. The first-order chi connectivity index (χ1) is 8.74. The van der Waals surface area contributed by atoms with Crippen LogP contribution in [0.1, 0.15) is 5.56 Å². The highest BCUT2D eigenvalue weighted by molar-refractivity contribution is 5.42. The van der Waals surface area contributed by atoms with Crippen molar-refractivity contribution >= 4 is 0 Å². The molecule has 0 spiro atoms. The summed E-state index contributed by atoms with van der Waals surface area (Å²) in [6.07, 6.45) is 3.79. The zero-order chi connectivity index (χ0) is 13.4. The summed E-state index contributed by atoms with van der Waals surface area (Å²) >= 11 is 0. The Morgan fingerprint density at radius 3 is 2.17 bits per heavy atom. The van der Waals surface area contributed by atoms with Gasteiger partial charge < -0.3 is 9.47 Å². The van der Waals surface area contributed by atoms with Crippen molar-refractivity contribution < 1.29 is 9.47 Å². The van der Waals surface area contributed by atoms with Crippen LogP contribution in [0.2, 0.25) is 0 Å². The number of ether oxygens (including phenoxy) is 2. The van der Waals surface area contributed by atoms with E-state index in [1.165, 1.54) is 5.56 Å². The SMILES string of the molecule is C=CCN(CC=C)Cc1ccc(OC)c(OC)c1. The third-order valence-corrected chi connectivity index (χ3v) is 2.63. The zero-order valence-corrected chi connectivity index (χ0v) is 11.2. The smallest absolute Gasteiger partial charge is 0.161 e. The van der Waals surface area contributed by atoms with Gasteiger partial charge in [0.05, 0.1) is 14.2 Å². The molecule has 0 amide bonds. The normalized spacial score (nSPS) is 10.2. The second-order valence-electron chi connectivity index (χ2n) is 3.96. The van der Waals surface area contributed by atoms with Gasteiger partial charge in [0.1, 0.15) is 0 Å². The van der Waals surface area contributed by atoms with Crippen molar-refractivity contribution in [2.45, 2.75) is 6.54 Å². The van der Waals surface area contributed by atoms with Crippen LogP contribution in [-0.4, -0.2) is 32.2 Å². The van der Waals surface area contributed by atoms with Gasteiger partial charge in [0, 0.05) is 19.6 Å². The van der Waals surface area contributed by atoms with Crippen LogP contribution in [0.3, 0.4) is 0 Å². The Hall–Kier alpha value is -1.74. The minimum Gasteiger partial charge on any atom is -0.493 e. The molecule has 0 aliphatic rings. The second-order valence-corrected chi connectivity index (χ2v) is 3.96. The van der Waals surface area contributed by atoms with Crippen molar-refractivity contribution in [1.29, 1.82) is 0 Å². The van der Waals surface area contributed by atoms with Gasteiger partial charge in [0.25, 0.3) is 0 Å². The molecule has 0 atom stereocenters. The fraction of sp³-hybridized carbons (Fsp3) is 0.333. The lowest BCUT2D eigenvalue weighted by Crippen LogP contribution is -2.23. The molecule has 0 aromatic heterocycles. The minimum absolute atomic E-state index is 0.750. The van der Waals surface area contributed by atoms with Crippen LogP contribution >= 0.6 is 0 Å². The largest absolute Gasteiger partial charge is 0.493 e. The lowest BCUT2D eigenvalue weighted by molar-refractivity contribution is 0.324. The lowest BCUT2D eigenvalue weighted by atomic mass is 10.2. The number of hydrogen-bond donors (Lipinski definition) is 0. The number of hydrogen-bond acceptors (Lipinski definition) is 3. The van der Waals surface area contributed by atoms with Crippen LogP contribution in [0, 0.1) is 0 Å². The molecule has 0 fully saturated rings. The van der Waals surface area contributed by atoms with Gasteiger partial charge in [-0.05, 0) is 17.7 Å². The molecular formula is C15H21NO2. The van der Waals surface area contributed by atoms with E-state index in [4.69, 9.17) is 9.47 Å². The molecule has 1 aromatic rings. The Labute approximate surface area is 109 Å². The summed E-state index contributed by atoms with van der Waals surface area (Å²) in [7, 11) is 3.28. The highest BCUT2D eigenvalue weighted by atomic mass is 16.5. The second kappa shape index (κ2) is 7.56. The molecule has 0 saturated heterocycles. The fourth-order valence-electron chi connectivity index (χ4n) is 1.81. The van der Waals surface area contributed by atoms with Gasteiger partial charge in [0.2, 0.25) is 0 Å². The summed E-state index contributed by atoms with van der Waals surface area (Å²) in [5.74, 6) is 1.51. The maximum absolute atomic E-state index is 5.29. The van der Waals surface area contributed by atoms with E-state index < -0.39 is 0 Å². The monoisotopic (exact) mass is 247 g/mol. The van der Waals surface area contributed by atoms with Crippen molar-refractivity contribution in [3.63, 3.8) is 0 Å². The minimum atomic E-state index is 0.750. The van der Waals surface area contributed by atoms with E-state index in [1.54, 1.807) is 14.2 Å². The maximum Gasteiger partial charge on any atom is 0.161 e. The van der Waals surface area contributed by atoms with Crippen LogP contribution in [0.5, 0.6) is 11.5 Å². The molecule has 18 heavy (non-hydrogen) atoms. The molecule has 0 heterocycles. The number of nitrogens with zero attached hydrogens (tertiary/aromatic N) is 1. The van der Waals surface area contributed by atoms with Crippen molar-refractivity contribution in [2.75, 3.05) is 27.3 Å². The summed E-state index contributed by atoms with van der Waals surface area (Å²) in [6, 6.07) is 5.96. The van der Waals surface area contributed by atoms with Gasteiger partial charge in [-0.3, -0.25) is 4.90 Å². The first-order valence-electron chi connectivity index (χ1n) is 5.90. The molecule has 1 rings (SSSR count). The topological polar surface area (TPSA) is 21.7 Å². The Balaban J connectivity index is 2.82. The molecule has 3 nitrogen and oxygen atoms in total. The van der Waals surface area contributed by atoms with Crippen LogP contribution in [0.4, 0.5) is 0 Å². The van der Waals surface area contributed by atoms with Crippen LogP contribution in [0.15, 0.2) is 43.5 Å². The summed E-state index contributed by atoms with van der Waals surface area (Å²) in [5, 5.41) is 0. The molecule has 0 radical (unpaired) electrons. The van der Waals surface area contributed by atoms with Crippen LogP contribution in [0.25, 0.3) is 0 Å². The van der Waals surface area contributed by atoms with Crippen LogP contribution < -0.4 is 9.47 Å². The van der Waals surface area contributed by atoms with Crippen molar-refractivity contribution in [1.82, 2.24) is 4.90 Å². The number of benzene rings is 1. The lowest BCUT2D eigenvalue weighted by Gasteiger charge is -2.19. The van der Waals surface area contributed by atoms with Gasteiger partial charge in [0.15, 0.2) is 11.5 Å². The molecule has 0 aliphatic heterocycles. The Morgan fingerprint density at radius 2 is 1.67 bits per heavy atom. The van der Waals surface area contributed by atoms with E-state index in [1.807, 2.05) is 30.4 Å².